The molecule has 0 aliphatic carbocycles. The molecule has 0 bridgehead atoms. The molecule has 0 spiro atoms. The maximum absolute atomic E-state index is 11.8. The van der Waals surface area contributed by atoms with Crippen molar-refractivity contribution in [3.63, 3.8) is 0 Å². The fraction of sp³-hybridized carbons (Fsp3) is 0.467. The van der Waals surface area contributed by atoms with E-state index in [9.17, 15) is 9.59 Å². The van der Waals surface area contributed by atoms with Crippen LogP contribution in [0.5, 0.6) is 11.5 Å². The summed E-state index contributed by atoms with van der Waals surface area (Å²) in [5.41, 5.74) is -0.192. The van der Waals surface area contributed by atoms with Gasteiger partial charge >= 0.3 is 5.97 Å². The number of amides is 1. The van der Waals surface area contributed by atoms with Crippen molar-refractivity contribution in [3.05, 3.63) is 18.2 Å². The molecule has 0 heterocycles. The number of rotatable bonds is 5. The van der Waals surface area contributed by atoms with Crippen molar-refractivity contribution in [3.8, 4) is 11.5 Å². The number of methoxy groups -OCH3 is 2. The molecule has 0 saturated heterocycles. The van der Waals surface area contributed by atoms with Gasteiger partial charge in [0.25, 0.3) is 5.91 Å². The third-order valence-electron chi connectivity index (χ3n) is 2.63. The van der Waals surface area contributed by atoms with Gasteiger partial charge in [0.15, 0.2) is 6.61 Å². The molecule has 0 aliphatic heterocycles. The van der Waals surface area contributed by atoms with Crippen LogP contribution in [0.4, 0.5) is 5.69 Å². The molecule has 116 valence electrons. The van der Waals surface area contributed by atoms with Crippen LogP contribution in [0, 0.1) is 5.41 Å². The van der Waals surface area contributed by atoms with Gasteiger partial charge in [-0.2, -0.15) is 0 Å². The maximum Gasteiger partial charge on any atom is 0.311 e. The van der Waals surface area contributed by atoms with E-state index in [2.05, 4.69) is 5.32 Å². The van der Waals surface area contributed by atoms with Crippen LogP contribution in [0.15, 0.2) is 18.2 Å². The topological polar surface area (TPSA) is 73.9 Å². The zero-order chi connectivity index (χ0) is 16.0. The summed E-state index contributed by atoms with van der Waals surface area (Å²) in [6, 6.07) is 5.02. The Bertz CT molecular complexity index is 519. The molecule has 1 N–H and O–H groups in total. The van der Waals surface area contributed by atoms with Crippen LogP contribution in [0.25, 0.3) is 0 Å². The zero-order valence-corrected chi connectivity index (χ0v) is 13.0. The first-order chi connectivity index (χ1) is 9.77. The monoisotopic (exact) mass is 295 g/mol. The van der Waals surface area contributed by atoms with Gasteiger partial charge < -0.3 is 19.5 Å². The van der Waals surface area contributed by atoms with Crippen molar-refractivity contribution in [2.45, 2.75) is 20.8 Å². The van der Waals surface area contributed by atoms with Gasteiger partial charge in [0.1, 0.15) is 11.5 Å². The molecule has 1 aromatic carbocycles. The number of esters is 1. The summed E-state index contributed by atoms with van der Waals surface area (Å²) >= 11 is 0. The van der Waals surface area contributed by atoms with Gasteiger partial charge in [-0.1, -0.05) is 0 Å². The Labute approximate surface area is 124 Å². The van der Waals surface area contributed by atoms with Crippen molar-refractivity contribution in [1.82, 2.24) is 0 Å². The first-order valence-corrected chi connectivity index (χ1v) is 6.47. The van der Waals surface area contributed by atoms with E-state index in [0.717, 1.165) is 0 Å². The molecule has 0 radical (unpaired) electrons. The van der Waals surface area contributed by atoms with E-state index in [1.165, 1.54) is 14.2 Å². The second kappa shape index (κ2) is 6.97. The standard InChI is InChI=1S/C15H21NO5/c1-15(2,3)14(18)21-9-13(17)16-11-8-10(19-4)6-7-12(11)20-5/h6-8H,9H2,1-5H3,(H,16,17). The van der Waals surface area contributed by atoms with E-state index in [4.69, 9.17) is 14.2 Å². The maximum atomic E-state index is 11.8. The Hall–Kier alpha value is -2.24. The fourth-order valence-corrected chi connectivity index (χ4v) is 1.45. The van der Waals surface area contributed by atoms with E-state index in [1.807, 2.05) is 0 Å². The average molecular weight is 295 g/mol. The third kappa shape index (κ3) is 4.98. The Kier molecular flexibility index (Phi) is 5.58. The molecule has 0 unspecified atom stereocenters. The molecule has 1 rings (SSSR count). The largest absolute Gasteiger partial charge is 0.497 e. The van der Waals surface area contributed by atoms with Crippen LogP contribution < -0.4 is 14.8 Å². The minimum Gasteiger partial charge on any atom is -0.497 e. The number of carbonyl (C=O) groups excluding carboxylic acids is 2. The number of benzene rings is 1. The Balaban J connectivity index is 2.68. The van der Waals surface area contributed by atoms with Crippen LogP contribution in [0.1, 0.15) is 20.8 Å². The van der Waals surface area contributed by atoms with Crippen molar-refractivity contribution in [2.75, 3.05) is 26.1 Å². The minimum atomic E-state index is -0.645. The predicted octanol–water partition coefficient (Wildman–Crippen LogP) is 2.23. The summed E-state index contributed by atoms with van der Waals surface area (Å²) in [6.07, 6.45) is 0. The Morgan fingerprint density at radius 3 is 2.33 bits per heavy atom. The van der Waals surface area contributed by atoms with Crippen LogP contribution in [-0.2, 0) is 14.3 Å². The third-order valence-corrected chi connectivity index (χ3v) is 2.63. The van der Waals surface area contributed by atoms with Crippen LogP contribution in [-0.4, -0.2) is 32.7 Å². The SMILES string of the molecule is COc1ccc(OC)c(NC(=O)COC(=O)C(C)(C)C)c1. The van der Waals surface area contributed by atoms with E-state index in [-0.39, 0.29) is 6.61 Å². The second-order valence-electron chi connectivity index (χ2n) is 5.44. The van der Waals surface area contributed by atoms with Gasteiger partial charge in [0.05, 0.1) is 25.3 Å². The number of nitrogens with one attached hydrogen (secondary N) is 1. The van der Waals surface area contributed by atoms with Crippen LogP contribution in [0.3, 0.4) is 0 Å². The van der Waals surface area contributed by atoms with Crippen molar-refractivity contribution in [1.29, 1.82) is 0 Å². The summed E-state index contributed by atoms with van der Waals surface area (Å²) in [6.45, 7) is 4.81. The van der Waals surface area contributed by atoms with E-state index < -0.39 is 17.3 Å². The minimum absolute atomic E-state index is 0.351. The number of hydrogen-bond donors (Lipinski definition) is 1. The highest BCUT2D eigenvalue weighted by Crippen LogP contribution is 2.28. The highest BCUT2D eigenvalue weighted by Gasteiger charge is 2.23. The molecule has 0 aliphatic rings. The first kappa shape index (κ1) is 16.8. The summed E-state index contributed by atoms with van der Waals surface area (Å²) in [4.78, 5) is 23.4. The molecule has 1 amide bonds. The van der Waals surface area contributed by atoms with Gasteiger partial charge in [-0.15, -0.1) is 0 Å². The molecule has 0 fully saturated rings. The molecule has 0 aromatic heterocycles. The lowest BCUT2D eigenvalue weighted by Gasteiger charge is -2.16. The van der Waals surface area contributed by atoms with Crippen LogP contribution >= 0.6 is 0 Å². The molecule has 6 nitrogen and oxygen atoms in total. The van der Waals surface area contributed by atoms with Gasteiger partial charge in [-0.25, -0.2) is 0 Å². The molecular weight excluding hydrogens is 274 g/mol. The lowest BCUT2D eigenvalue weighted by Crippen LogP contribution is -2.28. The first-order valence-electron chi connectivity index (χ1n) is 6.47. The smallest absolute Gasteiger partial charge is 0.311 e. The highest BCUT2D eigenvalue weighted by atomic mass is 16.5. The molecule has 1 aromatic rings. The zero-order valence-electron chi connectivity index (χ0n) is 13.0. The number of ether oxygens (including phenoxy) is 3. The molecule has 0 saturated carbocycles. The predicted molar refractivity (Wildman–Crippen MR) is 78.6 cm³/mol. The normalized spacial score (nSPS) is 10.7. The number of hydrogen-bond acceptors (Lipinski definition) is 5. The van der Waals surface area contributed by atoms with Gasteiger partial charge in [-0.3, -0.25) is 9.59 Å². The average Bonchev–Trinajstić information content (AvgIpc) is 2.43. The molecule has 6 heteroatoms. The van der Waals surface area contributed by atoms with Crippen molar-refractivity contribution < 1.29 is 23.8 Å². The van der Waals surface area contributed by atoms with E-state index in [0.29, 0.717) is 17.2 Å². The van der Waals surface area contributed by atoms with Gasteiger partial charge in [0, 0.05) is 6.07 Å². The van der Waals surface area contributed by atoms with Crippen molar-refractivity contribution >= 4 is 17.6 Å². The van der Waals surface area contributed by atoms with E-state index in [1.54, 1.807) is 39.0 Å². The van der Waals surface area contributed by atoms with Crippen LogP contribution in [0.2, 0.25) is 0 Å². The summed E-state index contributed by atoms with van der Waals surface area (Å²) in [5.74, 6) is 0.193. The fourth-order valence-electron chi connectivity index (χ4n) is 1.45. The quantitative estimate of drug-likeness (QED) is 0.843. The number of anilines is 1. The Morgan fingerprint density at radius 2 is 1.81 bits per heavy atom. The molecular formula is C15H21NO5. The lowest BCUT2D eigenvalue weighted by atomic mass is 9.97. The Morgan fingerprint density at radius 1 is 1.14 bits per heavy atom. The number of carbonyl (C=O) groups is 2. The van der Waals surface area contributed by atoms with Gasteiger partial charge in [0.2, 0.25) is 0 Å². The lowest BCUT2D eigenvalue weighted by molar-refractivity contribution is -0.155. The summed E-state index contributed by atoms with van der Waals surface area (Å²) < 4.78 is 15.2. The van der Waals surface area contributed by atoms with E-state index >= 15 is 0 Å². The van der Waals surface area contributed by atoms with Gasteiger partial charge in [-0.05, 0) is 32.9 Å². The highest BCUT2D eigenvalue weighted by molar-refractivity contribution is 5.94. The summed E-state index contributed by atoms with van der Waals surface area (Å²) in [5, 5.41) is 2.62. The molecule has 0 atom stereocenters. The van der Waals surface area contributed by atoms with Crippen molar-refractivity contribution in [2.24, 2.45) is 5.41 Å². The molecule has 21 heavy (non-hydrogen) atoms. The summed E-state index contributed by atoms with van der Waals surface area (Å²) in [7, 11) is 3.02. The second-order valence-corrected chi connectivity index (χ2v) is 5.44.